The van der Waals surface area contributed by atoms with Gasteiger partial charge in [-0.2, -0.15) is 0 Å². The third kappa shape index (κ3) is 3.27. The summed E-state index contributed by atoms with van der Waals surface area (Å²) in [5.74, 6) is 0.156. The van der Waals surface area contributed by atoms with E-state index in [1.165, 1.54) is 6.33 Å². The lowest BCUT2D eigenvalue weighted by Crippen LogP contribution is -2.37. The van der Waals surface area contributed by atoms with E-state index in [9.17, 15) is 9.59 Å². The van der Waals surface area contributed by atoms with Crippen LogP contribution in [0.4, 0.5) is 11.5 Å². The molecule has 1 fully saturated rings. The van der Waals surface area contributed by atoms with Crippen molar-refractivity contribution >= 4 is 28.4 Å². The molecule has 2 aromatic heterocycles. The largest absolute Gasteiger partial charge is 0.421 e. The van der Waals surface area contributed by atoms with Gasteiger partial charge in [0, 0.05) is 24.5 Å². The molecule has 0 bridgehead atoms. The van der Waals surface area contributed by atoms with Crippen LogP contribution in [-0.2, 0) is 4.74 Å². The molecule has 1 aromatic carbocycles. The topological polar surface area (TPSA) is 97.6 Å². The number of aromatic nitrogens is 2. The van der Waals surface area contributed by atoms with Gasteiger partial charge in [-0.25, -0.2) is 14.8 Å². The summed E-state index contributed by atoms with van der Waals surface area (Å²) in [5.41, 5.74) is 0.0981. The van der Waals surface area contributed by atoms with Crippen molar-refractivity contribution in [1.29, 1.82) is 0 Å². The number of nitrogens with one attached hydrogen (secondary N) is 1. The van der Waals surface area contributed by atoms with Crippen LogP contribution in [0.25, 0.3) is 11.0 Å². The first-order chi connectivity index (χ1) is 12.7. The standard InChI is InChI=1S/C18H16N4O4/c23-17(13-10-16(20-11-19-13)22-5-7-25-8-6-22)21-14-9-12-3-1-2-4-15(12)26-18(14)24/h1-4,9-11H,5-8H2,(H,21,23). The molecule has 0 spiro atoms. The summed E-state index contributed by atoms with van der Waals surface area (Å²) in [6.07, 6.45) is 1.34. The maximum atomic E-state index is 12.5. The van der Waals surface area contributed by atoms with Crippen molar-refractivity contribution in [2.45, 2.75) is 0 Å². The molecule has 26 heavy (non-hydrogen) atoms. The molecule has 3 aromatic rings. The number of nitrogens with zero attached hydrogens (tertiary/aromatic N) is 3. The first-order valence-corrected chi connectivity index (χ1v) is 8.20. The van der Waals surface area contributed by atoms with Crippen LogP contribution in [0.2, 0.25) is 0 Å². The highest BCUT2D eigenvalue weighted by atomic mass is 16.5. The second kappa shape index (κ2) is 6.93. The fourth-order valence-electron chi connectivity index (χ4n) is 2.77. The highest BCUT2D eigenvalue weighted by molar-refractivity contribution is 6.03. The first kappa shape index (κ1) is 16.2. The van der Waals surface area contributed by atoms with Crippen LogP contribution in [0, 0.1) is 0 Å². The lowest BCUT2D eigenvalue weighted by atomic mass is 10.2. The number of ether oxygens (including phenoxy) is 1. The Morgan fingerprint density at radius 2 is 1.92 bits per heavy atom. The van der Waals surface area contributed by atoms with Crippen molar-refractivity contribution in [3.05, 3.63) is 58.8 Å². The molecule has 1 amide bonds. The molecule has 4 rings (SSSR count). The van der Waals surface area contributed by atoms with Crippen LogP contribution in [-0.4, -0.2) is 42.2 Å². The van der Waals surface area contributed by atoms with Crippen LogP contribution in [0.15, 0.2) is 51.9 Å². The number of hydrogen-bond donors (Lipinski definition) is 1. The lowest BCUT2D eigenvalue weighted by Gasteiger charge is -2.27. The summed E-state index contributed by atoms with van der Waals surface area (Å²) in [6.45, 7) is 2.63. The van der Waals surface area contributed by atoms with E-state index in [0.717, 1.165) is 5.39 Å². The molecular weight excluding hydrogens is 336 g/mol. The van der Waals surface area contributed by atoms with Gasteiger partial charge in [-0.1, -0.05) is 18.2 Å². The van der Waals surface area contributed by atoms with E-state index in [1.54, 1.807) is 30.3 Å². The number of amides is 1. The molecule has 0 atom stereocenters. The molecule has 0 aliphatic carbocycles. The number of rotatable bonds is 3. The van der Waals surface area contributed by atoms with Crippen LogP contribution in [0.5, 0.6) is 0 Å². The molecule has 1 N–H and O–H groups in total. The second-order valence-electron chi connectivity index (χ2n) is 5.80. The molecule has 0 radical (unpaired) electrons. The molecule has 0 saturated carbocycles. The van der Waals surface area contributed by atoms with E-state index in [2.05, 4.69) is 15.3 Å². The fourth-order valence-corrected chi connectivity index (χ4v) is 2.77. The van der Waals surface area contributed by atoms with Gasteiger partial charge < -0.3 is 19.4 Å². The summed E-state index contributed by atoms with van der Waals surface area (Å²) < 4.78 is 10.5. The van der Waals surface area contributed by atoms with E-state index in [4.69, 9.17) is 9.15 Å². The van der Waals surface area contributed by atoms with Crippen molar-refractivity contribution in [3.63, 3.8) is 0 Å². The number of carbonyl (C=O) groups excluding carboxylic acids is 1. The molecule has 1 saturated heterocycles. The third-order valence-electron chi connectivity index (χ3n) is 4.11. The molecule has 0 unspecified atom stereocenters. The maximum absolute atomic E-state index is 12.5. The van der Waals surface area contributed by atoms with Gasteiger partial charge in [0.25, 0.3) is 5.91 Å². The predicted octanol–water partition coefficient (Wildman–Crippen LogP) is 1.67. The van der Waals surface area contributed by atoms with Crippen LogP contribution < -0.4 is 15.8 Å². The van der Waals surface area contributed by atoms with Crippen LogP contribution in [0.3, 0.4) is 0 Å². The average Bonchev–Trinajstić information content (AvgIpc) is 2.69. The van der Waals surface area contributed by atoms with Crippen molar-refractivity contribution in [2.75, 3.05) is 36.5 Å². The Morgan fingerprint density at radius 1 is 1.12 bits per heavy atom. The zero-order valence-electron chi connectivity index (χ0n) is 13.8. The Hall–Kier alpha value is -3.26. The zero-order valence-corrected chi connectivity index (χ0v) is 13.8. The van der Waals surface area contributed by atoms with E-state index >= 15 is 0 Å². The van der Waals surface area contributed by atoms with Gasteiger partial charge in [0.2, 0.25) is 0 Å². The number of para-hydroxylation sites is 1. The summed E-state index contributed by atoms with van der Waals surface area (Å²) in [6, 6.07) is 10.3. The minimum atomic E-state index is -0.612. The van der Waals surface area contributed by atoms with Gasteiger partial charge in [-0.15, -0.1) is 0 Å². The number of carbonyl (C=O) groups is 1. The first-order valence-electron chi connectivity index (χ1n) is 8.20. The van der Waals surface area contributed by atoms with Gasteiger partial charge in [-0.3, -0.25) is 4.79 Å². The summed E-state index contributed by atoms with van der Waals surface area (Å²) in [4.78, 5) is 34.8. The van der Waals surface area contributed by atoms with E-state index in [1.807, 2.05) is 11.0 Å². The molecule has 1 aliphatic rings. The average molecular weight is 352 g/mol. The van der Waals surface area contributed by atoms with Gasteiger partial charge in [0.1, 0.15) is 29.1 Å². The molecule has 3 heterocycles. The number of morpholine rings is 1. The zero-order chi connectivity index (χ0) is 17.9. The highest BCUT2D eigenvalue weighted by Gasteiger charge is 2.17. The van der Waals surface area contributed by atoms with Crippen molar-refractivity contribution < 1.29 is 13.9 Å². The Labute approximate surface area is 148 Å². The molecule has 8 nitrogen and oxygen atoms in total. The van der Waals surface area contributed by atoms with Crippen molar-refractivity contribution in [3.8, 4) is 0 Å². The summed E-state index contributed by atoms with van der Waals surface area (Å²) in [5, 5.41) is 3.29. The lowest BCUT2D eigenvalue weighted by molar-refractivity contribution is 0.102. The smallest absolute Gasteiger partial charge is 0.360 e. The summed E-state index contributed by atoms with van der Waals surface area (Å²) >= 11 is 0. The number of hydrogen-bond acceptors (Lipinski definition) is 7. The SMILES string of the molecule is O=C(Nc1cc2ccccc2oc1=O)c1cc(N2CCOCC2)ncn1. The van der Waals surface area contributed by atoms with Crippen LogP contribution in [0.1, 0.15) is 10.5 Å². The van der Waals surface area contributed by atoms with Gasteiger partial charge in [-0.05, 0) is 12.1 Å². The fraction of sp³-hybridized carbons (Fsp3) is 0.222. The van der Waals surface area contributed by atoms with Crippen molar-refractivity contribution in [2.24, 2.45) is 0 Å². The number of fused-ring (bicyclic) bond motifs is 1. The Bertz CT molecular complexity index is 1010. The molecule has 1 aliphatic heterocycles. The predicted molar refractivity (Wildman–Crippen MR) is 95.5 cm³/mol. The summed E-state index contributed by atoms with van der Waals surface area (Å²) in [7, 11) is 0. The Kier molecular flexibility index (Phi) is 4.32. The normalized spacial score (nSPS) is 14.4. The third-order valence-corrected chi connectivity index (χ3v) is 4.11. The van der Waals surface area contributed by atoms with Crippen molar-refractivity contribution in [1.82, 2.24) is 9.97 Å². The highest BCUT2D eigenvalue weighted by Crippen LogP contribution is 2.17. The van der Waals surface area contributed by atoms with Gasteiger partial charge in [0.05, 0.1) is 13.2 Å². The minimum Gasteiger partial charge on any atom is -0.421 e. The minimum absolute atomic E-state index is 0.0697. The number of benzene rings is 1. The van der Waals surface area contributed by atoms with E-state index in [0.29, 0.717) is 37.7 Å². The number of anilines is 2. The molecular formula is C18H16N4O4. The van der Waals surface area contributed by atoms with E-state index < -0.39 is 11.5 Å². The van der Waals surface area contributed by atoms with Crippen LogP contribution >= 0.6 is 0 Å². The monoisotopic (exact) mass is 352 g/mol. The second-order valence-corrected chi connectivity index (χ2v) is 5.80. The molecule has 8 heteroatoms. The van der Waals surface area contributed by atoms with Gasteiger partial charge in [0.15, 0.2) is 0 Å². The van der Waals surface area contributed by atoms with E-state index in [-0.39, 0.29) is 11.4 Å². The molecule has 132 valence electrons. The van der Waals surface area contributed by atoms with Gasteiger partial charge >= 0.3 is 5.63 Å². The Morgan fingerprint density at radius 3 is 2.77 bits per heavy atom. The quantitative estimate of drug-likeness (QED) is 0.716. The Balaban J connectivity index is 1.58. The maximum Gasteiger partial charge on any atom is 0.360 e.